The molecule has 0 saturated carbocycles. The van der Waals surface area contributed by atoms with Crippen LogP contribution in [0, 0.1) is 0 Å². The topological polar surface area (TPSA) is 78.9 Å². The van der Waals surface area contributed by atoms with Crippen molar-refractivity contribution in [3.05, 3.63) is 97.2 Å². The predicted octanol–water partition coefficient (Wildman–Crippen LogP) is 22.4. The van der Waals surface area contributed by atoms with Gasteiger partial charge >= 0.3 is 17.9 Å². The zero-order valence-electron chi connectivity index (χ0n) is 50.7. The van der Waals surface area contributed by atoms with E-state index in [1.165, 1.54) is 186 Å². The Labute approximate surface area is 477 Å². The van der Waals surface area contributed by atoms with Crippen molar-refractivity contribution in [1.29, 1.82) is 0 Å². The summed E-state index contributed by atoms with van der Waals surface area (Å²) in [7, 11) is 0. The number of unbranched alkanes of at least 4 members (excludes halogenated alkanes) is 32. The minimum atomic E-state index is -0.821. The fourth-order valence-corrected chi connectivity index (χ4v) is 9.21. The van der Waals surface area contributed by atoms with Gasteiger partial charge < -0.3 is 14.2 Å². The van der Waals surface area contributed by atoms with E-state index in [-0.39, 0.29) is 37.5 Å². The Morgan fingerprint density at radius 3 is 0.870 bits per heavy atom. The molecule has 0 saturated heterocycles. The molecule has 0 radical (unpaired) electrons. The van der Waals surface area contributed by atoms with E-state index < -0.39 is 6.10 Å². The SMILES string of the molecule is CC/C=C\C/C=C\C/C=C\C/C=C\C/C=C\C/C=C\CCC(=O)O[C@H](COC(=O)CCCCCCCCCCC/C=C\C/C=C\CCCCC)COC(=O)CCCCCCCCCCCCCCCCCCCCCCC. The fourth-order valence-electron chi connectivity index (χ4n) is 9.21. The Balaban J connectivity index is 4.45. The molecule has 0 fully saturated rings. The molecule has 0 aliphatic heterocycles. The Kier molecular flexibility index (Phi) is 61.8. The summed E-state index contributed by atoms with van der Waals surface area (Å²) in [6.07, 6.45) is 87.1. The van der Waals surface area contributed by atoms with Crippen LogP contribution in [0.25, 0.3) is 0 Å². The second kappa shape index (κ2) is 64.9. The Morgan fingerprint density at radius 2 is 0.532 bits per heavy atom. The molecule has 0 aromatic carbocycles. The molecule has 442 valence electrons. The van der Waals surface area contributed by atoms with E-state index >= 15 is 0 Å². The van der Waals surface area contributed by atoms with Crippen molar-refractivity contribution < 1.29 is 28.6 Å². The van der Waals surface area contributed by atoms with Crippen LogP contribution in [-0.4, -0.2) is 37.2 Å². The summed E-state index contributed by atoms with van der Waals surface area (Å²) in [4.78, 5) is 38.3. The van der Waals surface area contributed by atoms with Crippen molar-refractivity contribution >= 4 is 17.9 Å². The molecular formula is C71H122O6. The van der Waals surface area contributed by atoms with Gasteiger partial charge in [0.1, 0.15) is 13.2 Å². The first-order valence-corrected chi connectivity index (χ1v) is 32.7. The number of hydrogen-bond donors (Lipinski definition) is 0. The quantitative estimate of drug-likeness (QED) is 0.0261. The van der Waals surface area contributed by atoms with E-state index in [4.69, 9.17) is 14.2 Å². The fraction of sp³-hybridized carbons (Fsp3) is 0.732. The third kappa shape index (κ3) is 63.0. The lowest BCUT2D eigenvalue weighted by Gasteiger charge is -2.18. The maximum Gasteiger partial charge on any atom is 0.306 e. The van der Waals surface area contributed by atoms with Gasteiger partial charge in [0.15, 0.2) is 6.10 Å². The highest BCUT2D eigenvalue weighted by atomic mass is 16.6. The van der Waals surface area contributed by atoms with Gasteiger partial charge in [-0.25, -0.2) is 0 Å². The van der Waals surface area contributed by atoms with Crippen LogP contribution in [0.4, 0.5) is 0 Å². The molecular weight excluding hydrogens is 949 g/mol. The van der Waals surface area contributed by atoms with Gasteiger partial charge in [-0.15, -0.1) is 0 Å². The first kappa shape index (κ1) is 73.3. The van der Waals surface area contributed by atoms with Gasteiger partial charge in [-0.05, 0) is 89.9 Å². The highest BCUT2D eigenvalue weighted by molar-refractivity contribution is 5.71. The number of ether oxygens (including phenoxy) is 3. The minimum absolute atomic E-state index is 0.107. The maximum absolute atomic E-state index is 12.9. The normalized spacial score (nSPS) is 12.7. The number of rotatable bonds is 59. The van der Waals surface area contributed by atoms with E-state index in [2.05, 4.69) is 112 Å². The van der Waals surface area contributed by atoms with Gasteiger partial charge in [-0.1, -0.05) is 304 Å². The lowest BCUT2D eigenvalue weighted by Crippen LogP contribution is -2.30. The summed E-state index contributed by atoms with van der Waals surface area (Å²) >= 11 is 0. The molecule has 0 amide bonds. The van der Waals surface area contributed by atoms with Gasteiger partial charge in [0.2, 0.25) is 0 Å². The van der Waals surface area contributed by atoms with Gasteiger partial charge in [-0.3, -0.25) is 14.4 Å². The van der Waals surface area contributed by atoms with Crippen molar-refractivity contribution in [1.82, 2.24) is 0 Å². The highest BCUT2D eigenvalue weighted by Crippen LogP contribution is 2.17. The second-order valence-electron chi connectivity index (χ2n) is 21.6. The van der Waals surface area contributed by atoms with Crippen LogP contribution in [0.2, 0.25) is 0 Å². The summed E-state index contributed by atoms with van der Waals surface area (Å²) < 4.78 is 16.9. The summed E-state index contributed by atoms with van der Waals surface area (Å²) in [6.45, 7) is 6.48. The summed E-state index contributed by atoms with van der Waals surface area (Å²) in [5.41, 5.74) is 0. The summed E-state index contributed by atoms with van der Waals surface area (Å²) in [5.74, 6) is -0.983. The van der Waals surface area contributed by atoms with Crippen molar-refractivity contribution in [2.24, 2.45) is 0 Å². The average molecular weight is 1070 g/mol. The van der Waals surface area contributed by atoms with Crippen LogP contribution in [0.5, 0.6) is 0 Å². The van der Waals surface area contributed by atoms with Gasteiger partial charge in [0, 0.05) is 19.3 Å². The lowest BCUT2D eigenvalue weighted by atomic mass is 10.0. The number of allylic oxidation sites excluding steroid dienone is 16. The zero-order valence-corrected chi connectivity index (χ0v) is 50.7. The van der Waals surface area contributed by atoms with Crippen molar-refractivity contribution in [2.75, 3.05) is 13.2 Å². The van der Waals surface area contributed by atoms with Gasteiger partial charge in [0.25, 0.3) is 0 Å². The molecule has 6 heteroatoms. The van der Waals surface area contributed by atoms with Gasteiger partial charge in [0.05, 0.1) is 0 Å². The van der Waals surface area contributed by atoms with Crippen molar-refractivity contribution in [3.8, 4) is 0 Å². The standard InChI is InChI=1S/C71H122O6/c1-4-7-10-13-16-19-22-25-28-31-34-35-38-40-43-46-49-52-55-58-61-64-70(73)76-67-68(77-71(74)65-62-59-56-53-50-47-44-41-37-33-30-27-24-21-18-15-12-9-6-3)66-75-69(72)63-60-57-54-51-48-45-42-39-36-32-29-26-23-20-17-14-11-8-5-2/h9,12,17-18,20-21,26-27,29-30,37,41,47,50,56,59,68H,4-8,10-11,13-16,19,22-25,28,31-36,38-40,42-46,48-49,51-55,57-58,60-67H2,1-3H3/b12-9-,20-17-,21-18-,29-26-,30-27-,41-37-,50-47-,59-56-/t68-/m1/s1. The highest BCUT2D eigenvalue weighted by Gasteiger charge is 2.19. The van der Waals surface area contributed by atoms with E-state index in [1.807, 2.05) is 6.08 Å². The molecule has 0 spiro atoms. The molecule has 0 aromatic rings. The van der Waals surface area contributed by atoms with E-state index in [1.54, 1.807) is 0 Å². The molecule has 0 aromatic heterocycles. The number of carbonyl (C=O) groups is 3. The number of carbonyl (C=O) groups excluding carboxylic acids is 3. The summed E-state index contributed by atoms with van der Waals surface area (Å²) in [6, 6.07) is 0. The number of hydrogen-bond acceptors (Lipinski definition) is 6. The molecule has 0 N–H and O–H groups in total. The largest absolute Gasteiger partial charge is 0.462 e. The van der Waals surface area contributed by atoms with Crippen LogP contribution in [-0.2, 0) is 28.6 Å². The lowest BCUT2D eigenvalue weighted by molar-refractivity contribution is -0.166. The third-order valence-electron chi connectivity index (χ3n) is 14.1. The summed E-state index contributed by atoms with van der Waals surface area (Å²) in [5, 5.41) is 0. The molecule has 6 nitrogen and oxygen atoms in total. The van der Waals surface area contributed by atoms with Crippen LogP contribution in [0.3, 0.4) is 0 Å². The van der Waals surface area contributed by atoms with E-state index in [0.29, 0.717) is 19.3 Å². The third-order valence-corrected chi connectivity index (χ3v) is 14.1. The molecule has 77 heavy (non-hydrogen) atoms. The van der Waals surface area contributed by atoms with Crippen LogP contribution in [0.15, 0.2) is 97.2 Å². The van der Waals surface area contributed by atoms with E-state index in [9.17, 15) is 14.4 Å². The van der Waals surface area contributed by atoms with Gasteiger partial charge in [-0.2, -0.15) is 0 Å². The molecule has 0 heterocycles. The van der Waals surface area contributed by atoms with Crippen LogP contribution < -0.4 is 0 Å². The average Bonchev–Trinajstić information content (AvgIpc) is 3.43. The minimum Gasteiger partial charge on any atom is -0.462 e. The molecule has 0 aliphatic rings. The van der Waals surface area contributed by atoms with Crippen LogP contribution in [0.1, 0.15) is 316 Å². The smallest absolute Gasteiger partial charge is 0.306 e. The second-order valence-corrected chi connectivity index (χ2v) is 21.6. The van der Waals surface area contributed by atoms with Crippen molar-refractivity contribution in [2.45, 2.75) is 322 Å². The maximum atomic E-state index is 12.9. The molecule has 0 bridgehead atoms. The molecule has 0 unspecified atom stereocenters. The number of esters is 3. The van der Waals surface area contributed by atoms with E-state index in [0.717, 1.165) is 83.5 Å². The molecule has 0 rings (SSSR count). The first-order valence-electron chi connectivity index (χ1n) is 32.7. The first-order chi connectivity index (χ1) is 38.0. The Morgan fingerprint density at radius 1 is 0.273 bits per heavy atom. The monoisotopic (exact) mass is 1070 g/mol. The molecule has 0 aliphatic carbocycles. The zero-order chi connectivity index (χ0) is 55.7. The Hall–Kier alpha value is -3.67. The van der Waals surface area contributed by atoms with Crippen LogP contribution >= 0.6 is 0 Å². The molecule has 1 atom stereocenters. The van der Waals surface area contributed by atoms with Crippen molar-refractivity contribution in [3.63, 3.8) is 0 Å². The predicted molar refractivity (Wildman–Crippen MR) is 334 cm³/mol. The Bertz CT molecular complexity index is 1510.